The van der Waals surface area contributed by atoms with E-state index in [1.807, 2.05) is 24.3 Å². The van der Waals surface area contributed by atoms with E-state index in [9.17, 15) is 13.2 Å². The Kier molecular flexibility index (Phi) is 7.02. The molecule has 1 heterocycles. The van der Waals surface area contributed by atoms with Crippen LogP contribution in [-0.2, 0) is 14.8 Å². The molecular formula is C19H25N3O3S2. The largest absolute Gasteiger partial charge is 0.325 e. The number of hydrogen-bond acceptors (Lipinski definition) is 5. The van der Waals surface area contributed by atoms with Crippen molar-refractivity contribution >= 4 is 33.4 Å². The maximum atomic E-state index is 12.4. The van der Waals surface area contributed by atoms with Gasteiger partial charge in [0.05, 0.1) is 10.3 Å². The zero-order valence-electron chi connectivity index (χ0n) is 16.1. The summed E-state index contributed by atoms with van der Waals surface area (Å²) in [7, 11) is -0.566. The molecule has 1 N–H and O–H groups in total. The van der Waals surface area contributed by atoms with Gasteiger partial charge in [-0.1, -0.05) is 37.7 Å². The number of aromatic nitrogens is 1. The standard InChI is InChI=1S/C19H25N3O3S2/c1-13(2)15-6-8-16(9-7-15)21-19(23)14(3)26-18-11-10-17(12-20-18)27(24,25)22(4)5/h6-14H,1-5H3,(H,21,23)/t14-/m1/s1. The van der Waals surface area contributed by atoms with Crippen LogP contribution in [0.2, 0.25) is 0 Å². The van der Waals surface area contributed by atoms with Crippen molar-refractivity contribution in [3.05, 3.63) is 48.2 Å². The van der Waals surface area contributed by atoms with Crippen LogP contribution in [-0.4, -0.2) is 43.0 Å². The van der Waals surface area contributed by atoms with Gasteiger partial charge in [-0.3, -0.25) is 4.79 Å². The zero-order chi connectivity index (χ0) is 20.2. The zero-order valence-corrected chi connectivity index (χ0v) is 17.8. The number of carbonyl (C=O) groups excluding carboxylic acids is 1. The first-order chi connectivity index (χ1) is 12.6. The van der Waals surface area contributed by atoms with Crippen molar-refractivity contribution in [2.75, 3.05) is 19.4 Å². The molecular weight excluding hydrogens is 382 g/mol. The summed E-state index contributed by atoms with van der Waals surface area (Å²) in [6.45, 7) is 6.03. The number of hydrogen-bond donors (Lipinski definition) is 1. The lowest BCUT2D eigenvalue weighted by molar-refractivity contribution is -0.115. The minimum Gasteiger partial charge on any atom is -0.325 e. The van der Waals surface area contributed by atoms with Crippen molar-refractivity contribution in [1.82, 2.24) is 9.29 Å². The van der Waals surface area contributed by atoms with Crippen molar-refractivity contribution in [3.63, 3.8) is 0 Å². The lowest BCUT2D eigenvalue weighted by Gasteiger charge is -2.13. The van der Waals surface area contributed by atoms with Crippen molar-refractivity contribution < 1.29 is 13.2 Å². The smallest absolute Gasteiger partial charge is 0.244 e. The topological polar surface area (TPSA) is 79.4 Å². The van der Waals surface area contributed by atoms with Crippen molar-refractivity contribution in [2.45, 2.75) is 41.9 Å². The second-order valence-corrected chi connectivity index (χ2v) is 10.2. The van der Waals surface area contributed by atoms with Gasteiger partial charge in [-0.25, -0.2) is 17.7 Å². The number of thioether (sulfide) groups is 1. The van der Waals surface area contributed by atoms with Crippen LogP contribution in [0.4, 0.5) is 5.69 Å². The molecule has 1 amide bonds. The Morgan fingerprint density at radius 1 is 1.07 bits per heavy atom. The second kappa shape index (κ2) is 8.86. The summed E-state index contributed by atoms with van der Waals surface area (Å²) in [5.41, 5.74) is 1.96. The molecule has 0 saturated carbocycles. The predicted octanol–water partition coefficient (Wildman–Crippen LogP) is 3.57. The Bertz CT molecular complexity index is 877. The number of sulfonamides is 1. The third-order valence-electron chi connectivity index (χ3n) is 4.00. The molecule has 1 aromatic carbocycles. The number of carbonyl (C=O) groups is 1. The first-order valence-electron chi connectivity index (χ1n) is 8.57. The van der Waals surface area contributed by atoms with Gasteiger partial charge in [-0.2, -0.15) is 0 Å². The first kappa shape index (κ1) is 21.4. The average Bonchev–Trinajstić information content (AvgIpc) is 2.62. The van der Waals surface area contributed by atoms with Crippen LogP contribution in [0.5, 0.6) is 0 Å². The molecule has 0 saturated heterocycles. The van der Waals surface area contributed by atoms with Gasteiger partial charge in [-0.05, 0) is 42.7 Å². The van der Waals surface area contributed by atoms with Gasteiger partial charge in [0.15, 0.2) is 0 Å². The summed E-state index contributed by atoms with van der Waals surface area (Å²) < 4.78 is 25.3. The predicted molar refractivity (Wildman–Crippen MR) is 110 cm³/mol. The van der Waals surface area contributed by atoms with Crippen LogP contribution in [0.1, 0.15) is 32.3 Å². The fraction of sp³-hybridized carbons (Fsp3) is 0.368. The Morgan fingerprint density at radius 3 is 2.19 bits per heavy atom. The molecule has 27 heavy (non-hydrogen) atoms. The van der Waals surface area contributed by atoms with Crippen LogP contribution in [0, 0.1) is 0 Å². The number of nitrogens with one attached hydrogen (secondary N) is 1. The van der Waals surface area contributed by atoms with Crippen molar-refractivity contribution in [3.8, 4) is 0 Å². The molecule has 146 valence electrons. The average molecular weight is 408 g/mol. The summed E-state index contributed by atoms with van der Waals surface area (Å²) in [5, 5.41) is 3.10. The fourth-order valence-electron chi connectivity index (χ4n) is 2.23. The Hall–Kier alpha value is -1.90. The SMILES string of the molecule is CC(C)c1ccc(NC(=O)[C@@H](C)Sc2ccc(S(=O)(=O)N(C)C)cn2)cc1. The van der Waals surface area contributed by atoms with Gasteiger partial charge in [0.25, 0.3) is 0 Å². The molecule has 1 aromatic heterocycles. The molecule has 0 fully saturated rings. The van der Waals surface area contributed by atoms with E-state index in [1.165, 1.54) is 43.7 Å². The Balaban J connectivity index is 1.99. The van der Waals surface area contributed by atoms with E-state index < -0.39 is 10.0 Å². The van der Waals surface area contributed by atoms with Gasteiger partial charge < -0.3 is 5.32 Å². The van der Waals surface area contributed by atoms with E-state index in [0.717, 1.165) is 9.99 Å². The van der Waals surface area contributed by atoms with Gasteiger partial charge in [-0.15, -0.1) is 0 Å². The van der Waals surface area contributed by atoms with Crippen LogP contribution in [0.3, 0.4) is 0 Å². The molecule has 0 aliphatic heterocycles. The molecule has 0 spiro atoms. The highest BCUT2D eigenvalue weighted by Crippen LogP contribution is 2.24. The Morgan fingerprint density at radius 2 is 1.70 bits per heavy atom. The van der Waals surface area contributed by atoms with Crippen LogP contribution in [0.15, 0.2) is 52.5 Å². The maximum absolute atomic E-state index is 12.4. The third-order valence-corrected chi connectivity index (χ3v) is 6.85. The number of nitrogens with zero attached hydrogens (tertiary/aromatic N) is 2. The number of amides is 1. The van der Waals surface area contributed by atoms with Gasteiger partial charge >= 0.3 is 0 Å². The molecule has 6 nitrogen and oxygen atoms in total. The second-order valence-electron chi connectivity index (χ2n) is 6.65. The minimum absolute atomic E-state index is 0.124. The normalized spacial score (nSPS) is 13.0. The molecule has 1 atom stereocenters. The maximum Gasteiger partial charge on any atom is 0.244 e. The molecule has 0 aliphatic carbocycles. The molecule has 2 aromatic rings. The van der Waals surface area contributed by atoms with Crippen LogP contribution in [0.25, 0.3) is 0 Å². The van der Waals surface area contributed by atoms with Crippen molar-refractivity contribution in [1.29, 1.82) is 0 Å². The lowest BCUT2D eigenvalue weighted by Crippen LogP contribution is -2.23. The fourth-order valence-corrected chi connectivity index (χ4v) is 3.87. The van der Waals surface area contributed by atoms with Gasteiger partial charge in [0.2, 0.25) is 15.9 Å². The molecule has 0 bridgehead atoms. The summed E-state index contributed by atoms with van der Waals surface area (Å²) in [5.74, 6) is 0.304. The van der Waals surface area contributed by atoms with E-state index in [2.05, 4.69) is 24.1 Å². The van der Waals surface area contributed by atoms with E-state index in [-0.39, 0.29) is 16.1 Å². The summed E-state index contributed by atoms with van der Waals surface area (Å²) in [4.78, 5) is 16.7. The molecule has 0 radical (unpaired) electrons. The number of pyridine rings is 1. The van der Waals surface area contributed by atoms with Crippen LogP contribution < -0.4 is 5.32 Å². The molecule has 0 aliphatic rings. The summed E-state index contributed by atoms with van der Waals surface area (Å²) in [6, 6.07) is 10.9. The molecule has 8 heteroatoms. The number of benzene rings is 1. The van der Waals surface area contributed by atoms with Crippen LogP contribution >= 0.6 is 11.8 Å². The minimum atomic E-state index is -3.51. The van der Waals surface area contributed by atoms with Gasteiger partial charge in [0.1, 0.15) is 4.90 Å². The monoisotopic (exact) mass is 407 g/mol. The Labute approximate surface area is 165 Å². The van der Waals surface area contributed by atoms with E-state index in [1.54, 1.807) is 13.0 Å². The number of anilines is 1. The highest BCUT2D eigenvalue weighted by atomic mass is 32.2. The number of rotatable bonds is 7. The van der Waals surface area contributed by atoms with E-state index in [0.29, 0.717) is 10.9 Å². The van der Waals surface area contributed by atoms with Gasteiger partial charge in [0, 0.05) is 26.0 Å². The third kappa shape index (κ3) is 5.54. The van der Waals surface area contributed by atoms with Crippen molar-refractivity contribution in [2.24, 2.45) is 0 Å². The summed E-state index contributed by atoms with van der Waals surface area (Å²) in [6.07, 6.45) is 1.31. The lowest BCUT2D eigenvalue weighted by atomic mass is 10.0. The molecule has 2 rings (SSSR count). The molecule has 0 unspecified atom stereocenters. The highest BCUT2D eigenvalue weighted by molar-refractivity contribution is 8.00. The summed E-state index contributed by atoms with van der Waals surface area (Å²) >= 11 is 1.28. The highest BCUT2D eigenvalue weighted by Gasteiger charge is 2.19. The van der Waals surface area contributed by atoms with E-state index in [4.69, 9.17) is 0 Å². The van der Waals surface area contributed by atoms with E-state index >= 15 is 0 Å². The quantitative estimate of drug-likeness (QED) is 0.710. The first-order valence-corrected chi connectivity index (χ1v) is 10.9.